The minimum Gasteiger partial charge on any atom is -0.329 e. The summed E-state index contributed by atoms with van der Waals surface area (Å²) in [4.78, 5) is 15.9. The van der Waals surface area contributed by atoms with Crippen LogP contribution < -0.4 is 5.32 Å². The summed E-state index contributed by atoms with van der Waals surface area (Å²) < 4.78 is 40.4. The van der Waals surface area contributed by atoms with Gasteiger partial charge in [0.1, 0.15) is 0 Å². The Kier molecular flexibility index (Phi) is 5.02. The normalized spacial score (nSPS) is 11.5. The van der Waals surface area contributed by atoms with E-state index in [1.165, 1.54) is 12.1 Å². The standard InChI is InChI=1S/C13H11ClF3N3OS/c1-20-6-5-18-12(20)22-7-10(21)19-11-8(13(15,16)17)3-2-4-9(11)14/h2-6H,7H2,1H3,(H,19,21). The number of thioether (sulfide) groups is 1. The van der Waals surface area contributed by atoms with Crippen molar-refractivity contribution in [3.05, 3.63) is 41.2 Å². The SMILES string of the molecule is Cn1ccnc1SCC(=O)Nc1c(Cl)cccc1C(F)(F)F. The summed E-state index contributed by atoms with van der Waals surface area (Å²) in [6.45, 7) is 0. The number of rotatable bonds is 4. The highest BCUT2D eigenvalue weighted by Gasteiger charge is 2.34. The number of carbonyl (C=O) groups excluding carboxylic acids is 1. The topological polar surface area (TPSA) is 46.9 Å². The Morgan fingerprint density at radius 1 is 1.45 bits per heavy atom. The molecule has 9 heteroatoms. The van der Waals surface area contributed by atoms with Crippen molar-refractivity contribution in [3.63, 3.8) is 0 Å². The third-order valence-electron chi connectivity index (χ3n) is 2.69. The van der Waals surface area contributed by atoms with E-state index in [2.05, 4.69) is 10.3 Å². The number of benzene rings is 1. The molecule has 22 heavy (non-hydrogen) atoms. The first-order chi connectivity index (χ1) is 10.3. The van der Waals surface area contributed by atoms with Crippen molar-refractivity contribution in [1.29, 1.82) is 0 Å². The van der Waals surface area contributed by atoms with Gasteiger partial charge in [0.05, 0.1) is 22.0 Å². The summed E-state index contributed by atoms with van der Waals surface area (Å²) in [5.41, 5.74) is -1.41. The number of carbonyl (C=O) groups is 1. The highest BCUT2D eigenvalue weighted by Crippen LogP contribution is 2.38. The van der Waals surface area contributed by atoms with Gasteiger partial charge in [0.25, 0.3) is 0 Å². The van der Waals surface area contributed by atoms with Gasteiger partial charge in [-0.05, 0) is 12.1 Å². The molecule has 118 valence electrons. The molecule has 0 radical (unpaired) electrons. The molecular formula is C13H11ClF3N3OS. The van der Waals surface area contributed by atoms with Crippen LogP contribution in [0.4, 0.5) is 18.9 Å². The predicted molar refractivity (Wildman–Crippen MR) is 79.0 cm³/mol. The van der Waals surface area contributed by atoms with Gasteiger partial charge in [-0.2, -0.15) is 13.2 Å². The summed E-state index contributed by atoms with van der Waals surface area (Å²) in [6.07, 6.45) is -1.33. The first-order valence-electron chi connectivity index (χ1n) is 6.04. The molecule has 2 aromatic rings. The largest absolute Gasteiger partial charge is 0.418 e. The van der Waals surface area contributed by atoms with Crippen LogP contribution in [0.5, 0.6) is 0 Å². The van der Waals surface area contributed by atoms with Crippen LogP contribution in [0.3, 0.4) is 0 Å². The van der Waals surface area contributed by atoms with Crippen LogP contribution in [0.15, 0.2) is 35.7 Å². The van der Waals surface area contributed by atoms with E-state index in [9.17, 15) is 18.0 Å². The Morgan fingerprint density at radius 2 is 2.18 bits per heavy atom. The molecule has 1 amide bonds. The van der Waals surface area contributed by atoms with Crippen LogP contribution in [0.1, 0.15) is 5.56 Å². The van der Waals surface area contributed by atoms with Crippen molar-refractivity contribution in [3.8, 4) is 0 Å². The monoisotopic (exact) mass is 349 g/mol. The maximum Gasteiger partial charge on any atom is 0.418 e. The van der Waals surface area contributed by atoms with Crippen molar-refractivity contribution in [2.24, 2.45) is 7.05 Å². The lowest BCUT2D eigenvalue weighted by Crippen LogP contribution is -2.18. The zero-order valence-corrected chi connectivity index (χ0v) is 12.9. The lowest BCUT2D eigenvalue weighted by Gasteiger charge is -2.15. The molecule has 0 bridgehead atoms. The molecule has 1 aromatic heterocycles. The van der Waals surface area contributed by atoms with Crippen molar-refractivity contribution >= 4 is 35.0 Å². The zero-order chi connectivity index (χ0) is 16.3. The highest BCUT2D eigenvalue weighted by atomic mass is 35.5. The van der Waals surface area contributed by atoms with Gasteiger partial charge in [-0.15, -0.1) is 0 Å². The number of nitrogens with one attached hydrogen (secondary N) is 1. The molecule has 0 fully saturated rings. The number of alkyl halides is 3. The quantitative estimate of drug-likeness (QED) is 0.853. The van der Waals surface area contributed by atoms with E-state index in [-0.39, 0.29) is 10.8 Å². The molecule has 0 aliphatic heterocycles. The third-order valence-corrected chi connectivity index (χ3v) is 4.07. The van der Waals surface area contributed by atoms with Gasteiger partial charge in [0.2, 0.25) is 5.91 Å². The maximum atomic E-state index is 12.9. The summed E-state index contributed by atoms with van der Waals surface area (Å²) in [7, 11) is 1.75. The van der Waals surface area contributed by atoms with Crippen LogP contribution in [0, 0.1) is 0 Å². The van der Waals surface area contributed by atoms with Gasteiger partial charge in [0, 0.05) is 19.4 Å². The second-order valence-corrected chi connectivity index (χ2v) is 5.67. The number of nitrogens with zero attached hydrogens (tertiary/aromatic N) is 2. The third kappa shape index (κ3) is 3.95. The van der Waals surface area contributed by atoms with Crippen LogP contribution in [0.25, 0.3) is 0 Å². The van der Waals surface area contributed by atoms with Crippen molar-refractivity contribution in [1.82, 2.24) is 9.55 Å². The molecule has 4 nitrogen and oxygen atoms in total. The van der Waals surface area contributed by atoms with Gasteiger partial charge >= 0.3 is 6.18 Å². The summed E-state index contributed by atoms with van der Waals surface area (Å²) in [5.74, 6) is -0.667. The number of halogens is 4. The zero-order valence-electron chi connectivity index (χ0n) is 11.3. The molecule has 0 unspecified atom stereocenters. The Bertz CT molecular complexity index is 687. The first-order valence-corrected chi connectivity index (χ1v) is 7.41. The smallest absolute Gasteiger partial charge is 0.329 e. The van der Waals surface area contributed by atoms with E-state index >= 15 is 0 Å². The highest BCUT2D eigenvalue weighted by molar-refractivity contribution is 7.99. The number of amides is 1. The van der Waals surface area contributed by atoms with Crippen molar-refractivity contribution in [2.45, 2.75) is 11.3 Å². The molecule has 0 aliphatic rings. The molecule has 1 N–H and O–H groups in total. The number of para-hydroxylation sites is 1. The number of aryl methyl sites for hydroxylation is 1. The fraction of sp³-hybridized carbons (Fsp3) is 0.231. The predicted octanol–water partition coefficient (Wildman–Crippen LogP) is 3.82. The molecule has 0 atom stereocenters. The van der Waals surface area contributed by atoms with E-state index in [0.29, 0.717) is 5.16 Å². The number of hydrogen-bond acceptors (Lipinski definition) is 3. The fourth-order valence-electron chi connectivity index (χ4n) is 1.68. The number of imidazole rings is 1. The molecule has 0 saturated heterocycles. The van der Waals surface area contributed by atoms with Crippen LogP contribution in [0.2, 0.25) is 5.02 Å². The van der Waals surface area contributed by atoms with Gasteiger partial charge in [-0.25, -0.2) is 4.98 Å². The molecular weight excluding hydrogens is 339 g/mol. The Morgan fingerprint density at radius 3 is 2.77 bits per heavy atom. The molecule has 0 spiro atoms. The number of aromatic nitrogens is 2. The van der Waals surface area contributed by atoms with Crippen LogP contribution in [-0.2, 0) is 18.0 Å². The van der Waals surface area contributed by atoms with Crippen LogP contribution >= 0.6 is 23.4 Å². The second-order valence-electron chi connectivity index (χ2n) is 4.32. The average Bonchev–Trinajstić information content (AvgIpc) is 2.83. The van der Waals surface area contributed by atoms with Crippen molar-refractivity contribution < 1.29 is 18.0 Å². The van der Waals surface area contributed by atoms with E-state index in [1.54, 1.807) is 24.0 Å². The van der Waals surface area contributed by atoms with Gasteiger partial charge in [-0.3, -0.25) is 4.79 Å². The Balaban J connectivity index is 2.10. The van der Waals surface area contributed by atoms with E-state index in [1.807, 2.05) is 0 Å². The summed E-state index contributed by atoms with van der Waals surface area (Å²) >= 11 is 6.88. The number of anilines is 1. The maximum absolute atomic E-state index is 12.9. The van der Waals surface area contributed by atoms with Gasteiger partial charge in [0.15, 0.2) is 5.16 Å². The molecule has 0 aliphatic carbocycles. The van der Waals surface area contributed by atoms with Gasteiger partial charge < -0.3 is 9.88 Å². The van der Waals surface area contributed by atoms with Crippen LogP contribution in [-0.4, -0.2) is 21.2 Å². The van der Waals surface area contributed by atoms with E-state index < -0.39 is 23.3 Å². The first kappa shape index (κ1) is 16.7. The Hall–Kier alpha value is -1.67. The molecule has 1 heterocycles. The second kappa shape index (κ2) is 6.62. The van der Waals surface area contributed by atoms with E-state index in [4.69, 9.17) is 11.6 Å². The molecule has 0 saturated carbocycles. The fourth-order valence-corrected chi connectivity index (χ4v) is 2.64. The van der Waals surface area contributed by atoms with E-state index in [0.717, 1.165) is 17.8 Å². The lowest BCUT2D eigenvalue weighted by atomic mass is 10.1. The lowest BCUT2D eigenvalue weighted by molar-refractivity contribution is -0.137. The Labute approximate surface area is 133 Å². The van der Waals surface area contributed by atoms with Gasteiger partial charge in [-0.1, -0.05) is 29.4 Å². The average molecular weight is 350 g/mol. The molecule has 2 rings (SSSR count). The van der Waals surface area contributed by atoms with Crippen molar-refractivity contribution in [2.75, 3.05) is 11.1 Å². The summed E-state index contributed by atoms with van der Waals surface area (Å²) in [5, 5.41) is 2.64. The molecule has 1 aromatic carbocycles. The minimum atomic E-state index is -4.60. The number of hydrogen-bond donors (Lipinski definition) is 1. The summed E-state index contributed by atoms with van der Waals surface area (Å²) in [6, 6.07) is 3.34. The minimum absolute atomic E-state index is 0.0760.